The van der Waals surface area contributed by atoms with Gasteiger partial charge in [-0.2, -0.15) is 4.98 Å². The molecule has 3 aromatic rings. The molecule has 5 nitrogen and oxygen atoms in total. The van der Waals surface area contributed by atoms with E-state index in [4.69, 9.17) is 4.52 Å². The van der Waals surface area contributed by atoms with Gasteiger partial charge in [-0.3, -0.25) is 4.79 Å². The van der Waals surface area contributed by atoms with E-state index in [1.165, 1.54) is 12.1 Å². The molecule has 1 amide bonds. The third-order valence-electron chi connectivity index (χ3n) is 4.14. The second-order valence-corrected chi connectivity index (χ2v) is 6.12. The maximum absolute atomic E-state index is 12.9. The normalized spacial score (nSPS) is 13.6. The zero-order chi connectivity index (χ0) is 17.2. The van der Waals surface area contributed by atoms with Gasteiger partial charge in [-0.25, -0.2) is 4.39 Å². The summed E-state index contributed by atoms with van der Waals surface area (Å²) in [5, 5.41) is 6.80. The fraction of sp³-hybridized carbons (Fsp3) is 0.211. The molecular formula is C19H16FN3O2. The smallest absolute Gasteiger partial charge is 0.251 e. The summed E-state index contributed by atoms with van der Waals surface area (Å²) >= 11 is 0. The van der Waals surface area contributed by atoms with Gasteiger partial charge in [0.15, 0.2) is 0 Å². The number of carbonyl (C=O) groups excluding carboxylic acids is 1. The largest absolute Gasteiger partial charge is 0.348 e. The van der Waals surface area contributed by atoms with Crippen molar-refractivity contribution in [2.45, 2.75) is 25.3 Å². The third-order valence-corrected chi connectivity index (χ3v) is 4.14. The van der Waals surface area contributed by atoms with Gasteiger partial charge < -0.3 is 9.84 Å². The minimum absolute atomic E-state index is 0.192. The zero-order valence-electron chi connectivity index (χ0n) is 13.4. The number of rotatable bonds is 5. The Kier molecular flexibility index (Phi) is 4.01. The van der Waals surface area contributed by atoms with Crippen LogP contribution in [0.15, 0.2) is 53.1 Å². The van der Waals surface area contributed by atoms with Crippen molar-refractivity contribution in [3.05, 3.63) is 71.4 Å². The zero-order valence-corrected chi connectivity index (χ0v) is 13.4. The summed E-state index contributed by atoms with van der Waals surface area (Å²) in [5.41, 5.74) is 2.19. The first-order valence-electron chi connectivity index (χ1n) is 8.16. The number of nitrogens with zero attached hydrogens (tertiary/aromatic N) is 2. The van der Waals surface area contributed by atoms with Crippen LogP contribution in [0.4, 0.5) is 4.39 Å². The van der Waals surface area contributed by atoms with Crippen LogP contribution in [0.3, 0.4) is 0 Å². The maximum Gasteiger partial charge on any atom is 0.251 e. The quantitative estimate of drug-likeness (QED) is 0.771. The molecule has 1 fully saturated rings. The summed E-state index contributed by atoms with van der Waals surface area (Å²) in [5.74, 6) is 1.16. The molecule has 0 radical (unpaired) electrons. The van der Waals surface area contributed by atoms with Gasteiger partial charge in [0.05, 0.1) is 0 Å². The van der Waals surface area contributed by atoms with Gasteiger partial charge in [0.2, 0.25) is 11.7 Å². The van der Waals surface area contributed by atoms with Gasteiger partial charge in [0, 0.05) is 23.6 Å². The fourth-order valence-corrected chi connectivity index (χ4v) is 2.51. The van der Waals surface area contributed by atoms with Crippen molar-refractivity contribution in [3.63, 3.8) is 0 Å². The molecule has 0 spiro atoms. The molecule has 1 aliphatic carbocycles. The van der Waals surface area contributed by atoms with Crippen LogP contribution in [0.25, 0.3) is 11.4 Å². The molecule has 0 aliphatic heterocycles. The number of benzene rings is 2. The minimum atomic E-state index is -0.294. The van der Waals surface area contributed by atoms with Crippen molar-refractivity contribution in [2.75, 3.05) is 0 Å². The lowest BCUT2D eigenvalue weighted by Gasteiger charge is -2.06. The van der Waals surface area contributed by atoms with E-state index in [0.717, 1.165) is 24.0 Å². The highest BCUT2D eigenvalue weighted by atomic mass is 19.1. The first-order valence-corrected chi connectivity index (χ1v) is 8.16. The predicted molar refractivity (Wildman–Crippen MR) is 89.3 cm³/mol. The molecule has 0 bridgehead atoms. The highest BCUT2D eigenvalue weighted by molar-refractivity contribution is 5.94. The monoisotopic (exact) mass is 337 g/mol. The molecule has 25 heavy (non-hydrogen) atoms. The molecule has 1 heterocycles. The number of hydrogen-bond acceptors (Lipinski definition) is 4. The Labute approximate surface area is 143 Å². The van der Waals surface area contributed by atoms with Crippen molar-refractivity contribution in [3.8, 4) is 11.4 Å². The van der Waals surface area contributed by atoms with E-state index in [0.29, 0.717) is 29.7 Å². The van der Waals surface area contributed by atoms with Crippen molar-refractivity contribution >= 4 is 5.91 Å². The van der Waals surface area contributed by atoms with E-state index in [-0.39, 0.29) is 11.7 Å². The highest BCUT2D eigenvalue weighted by Gasteiger charge is 2.29. The van der Waals surface area contributed by atoms with E-state index in [2.05, 4.69) is 15.5 Å². The number of aromatic nitrogens is 2. The van der Waals surface area contributed by atoms with E-state index in [1.807, 2.05) is 0 Å². The van der Waals surface area contributed by atoms with Crippen LogP contribution in [0.5, 0.6) is 0 Å². The molecule has 6 heteroatoms. The van der Waals surface area contributed by atoms with E-state index in [1.54, 1.807) is 36.4 Å². The van der Waals surface area contributed by atoms with Gasteiger partial charge in [0.1, 0.15) is 5.82 Å². The second kappa shape index (κ2) is 6.47. The number of nitrogens with one attached hydrogen (secondary N) is 1. The summed E-state index contributed by atoms with van der Waals surface area (Å²) < 4.78 is 18.1. The lowest BCUT2D eigenvalue weighted by molar-refractivity contribution is 0.0951. The topological polar surface area (TPSA) is 68.0 Å². The van der Waals surface area contributed by atoms with Gasteiger partial charge in [-0.1, -0.05) is 29.4 Å². The van der Waals surface area contributed by atoms with Gasteiger partial charge in [-0.05, 0) is 42.7 Å². The van der Waals surface area contributed by atoms with Crippen LogP contribution < -0.4 is 5.32 Å². The number of halogens is 1. The Morgan fingerprint density at radius 1 is 1.12 bits per heavy atom. The highest BCUT2D eigenvalue weighted by Crippen LogP contribution is 2.39. The SMILES string of the molecule is O=C(NCc1ccc(F)cc1)c1ccc(-c2noc(C3CC3)n2)cc1. The summed E-state index contributed by atoms with van der Waals surface area (Å²) in [6.07, 6.45) is 2.21. The maximum atomic E-state index is 12.9. The van der Waals surface area contributed by atoms with Crippen LogP contribution in [0.2, 0.25) is 0 Å². The Balaban J connectivity index is 1.40. The van der Waals surface area contributed by atoms with E-state index < -0.39 is 0 Å². The lowest BCUT2D eigenvalue weighted by Crippen LogP contribution is -2.22. The third kappa shape index (κ3) is 3.57. The Hall–Kier alpha value is -3.02. The van der Waals surface area contributed by atoms with Crippen molar-refractivity contribution in [2.24, 2.45) is 0 Å². The molecule has 0 saturated heterocycles. The van der Waals surface area contributed by atoms with Crippen LogP contribution in [0.1, 0.15) is 40.6 Å². The molecule has 1 N–H and O–H groups in total. The van der Waals surface area contributed by atoms with Crippen LogP contribution >= 0.6 is 0 Å². The van der Waals surface area contributed by atoms with Crippen molar-refractivity contribution in [1.82, 2.24) is 15.5 Å². The molecule has 1 aromatic heterocycles. The molecule has 0 unspecified atom stereocenters. The lowest BCUT2D eigenvalue weighted by atomic mass is 10.1. The van der Waals surface area contributed by atoms with Crippen molar-refractivity contribution < 1.29 is 13.7 Å². The van der Waals surface area contributed by atoms with Crippen LogP contribution in [0, 0.1) is 5.82 Å². The minimum Gasteiger partial charge on any atom is -0.348 e. The van der Waals surface area contributed by atoms with Crippen molar-refractivity contribution in [1.29, 1.82) is 0 Å². The second-order valence-electron chi connectivity index (χ2n) is 6.12. The summed E-state index contributed by atoms with van der Waals surface area (Å²) in [7, 11) is 0. The predicted octanol–water partition coefficient (Wildman–Crippen LogP) is 3.68. The Morgan fingerprint density at radius 2 is 1.84 bits per heavy atom. The first-order chi connectivity index (χ1) is 12.2. The van der Waals surface area contributed by atoms with E-state index >= 15 is 0 Å². The number of hydrogen-bond donors (Lipinski definition) is 1. The molecule has 4 rings (SSSR count). The average molecular weight is 337 g/mol. The molecule has 126 valence electrons. The standard InChI is InChI=1S/C19H16FN3O2/c20-16-9-1-12(2-10-16)11-21-18(24)14-5-3-13(4-6-14)17-22-19(25-23-17)15-7-8-15/h1-6,9-10,15H,7-8,11H2,(H,21,24). The Morgan fingerprint density at radius 3 is 2.52 bits per heavy atom. The molecular weight excluding hydrogens is 321 g/mol. The Bertz CT molecular complexity index is 884. The number of carbonyl (C=O) groups is 1. The summed E-state index contributed by atoms with van der Waals surface area (Å²) in [6.45, 7) is 0.344. The molecule has 2 aromatic carbocycles. The number of amides is 1. The average Bonchev–Trinajstić information content (AvgIpc) is 3.38. The first kappa shape index (κ1) is 15.5. The van der Waals surface area contributed by atoms with Gasteiger partial charge in [0.25, 0.3) is 5.91 Å². The summed E-state index contributed by atoms with van der Waals surface area (Å²) in [4.78, 5) is 16.6. The van der Waals surface area contributed by atoms with E-state index in [9.17, 15) is 9.18 Å². The summed E-state index contributed by atoms with van der Waals surface area (Å²) in [6, 6.07) is 13.1. The van der Waals surface area contributed by atoms with Crippen LogP contribution in [-0.2, 0) is 6.54 Å². The molecule has 1 saturated carbocycles. The van der Waals surface area contributed by atoms with Gasteiger partial charge in [-0.15, -0.1) is 0 Å². The molecule has 1 aliphatic rings. The van der Waals surface area contributed by atoms with Gasteiger partial charge >= 0.3 is 0 Å². The molecule has 0 atom stereocenters. The fourth-order valence-electron chi connectivity index (χ4n) is 2.51. The van der Waals surface area contributed by atoms with Crippen LogP contribution in [-0.4, -0.2) is 16.0 Å².